The Morgan fingerprint density at radius 2 is 1.69 bits per heavy atom. The van der Waals surface area contributed by atoms with Crippen LogP contribution in [-0.2, 0) is 7.05 Å². The van der Waals surface area contributed by atoms with Gasteiger partial charge in [-0.05, 0) is 36.2 Å². The molecule has 0 atom stereocenters. The minimum Gasteiger partial charge on any atom is -0.469 e. The van der Waals surface area contributed by atoms with Crippen molar-refractivity contribution in [1.82, 2.24) is 14.8 Å². The molecule has 4 aromatic rings. The summed E-state index contributed by atoms with van der Waals surface area (Å²) in [6, 6.07) is 17.7. The molecule has 0 fully saturated rings. The second kappa shape index (κ2) is 8.39. The summed E-state index contributed by atoms with van der Waals surface area (Å²) in [4.78, 5) is 12.6. The van der Waals surface area contributed by atoms with E-state index < -0.39 is 0 Å². The van der Waals surface area contributed by atoms with Crippen molar-refractivity contribution in [2.75, 3.05) is 5.75 Å². The molecule has 0 saturated heterocycles. The van der Waals surface area contributed by atoms with Crippen molar-refractivity contribution in [3.63, 3.8) is 0 Å². The summed E-state index contributed by atoms with van der Waals surface area (Å²) in [7, 11) is 1.89. The molecule has 0 spiro atoms. The van der Waals surface area contributed by atoms with Gasteiger partial charge in [-0.25, -0.2) is 0 Å². The van der Waals surface area contributed by atoms with Gasteiger partial charge < -0.3 is 8.98 Å². The lowest BCUT2D eigenvalue weighted by atomic mass is 10.0. The van der Waals surface area contributed by atoms with Crippen molar-refractivity contribution >= 4 is 33.5 Å². The molecule has 2 heterocycles. The Balaban J connectivity index is 1.43. The van der Waals surface area contributed by atoms with Crippen LogP contribution in [0.25, 0.3) is 22.5 Å². The summed E-state index contributed by atoms with van der Waals surface area (Å²) in [6.07, 6.45) is 1.63. The molecule has 0 aliphatic rings. The highest BCUT2D eigenvalue weighted by atomic mass is 79.9. The van der Waals surface area contributed by atoms with Crippen molar-refractivity contribution < 1.29 is 9.21 Å². The fourth-order valence-corrected chi connectivity index (χ4v) is 4.07. The predicted molar refractivity (Wildman–Crippen MR) is 118 cm³/mol. The zero-order chi connectivity index (χ0) is 20.4. The highest BCUT2D eigenvalue weighted by Crippen LogP contribution is 2.27. The minimum absolute atomic E-state index is 0.0568. The number of Topliss-reactive ketones (excluding diaryl/α,β-unsaturated/α-hetero) is 1. The normalized spacial score (nSPS) is 11.0. The number of nitrogens with zero attached hydrogens (tertiary/aromatic N) is 3. The van der Waals surface area contributed by atoms with Crippen LogP contribution in [0.2, 0.25) is 0 Å². The van der Waals surface area contributed by atoms with Crippen LogP contribution < -0.4 is 0 Å². The van der Waals surface area contributed by atoms with Crippen molar-refractivity contribution in [3.8, 4) is 22.5 Å². The van der Waals surface area contributed by atoms with Crippen LogP contribution in [0.3, 0.4) is 0 Å². The summed E-state index contributed by atoms with van der Waals surface area (Å²) in [5.74, 6) is 1.87. The molecule has 0 aliphatic carbocycles. The van der Waals surface area contributed by atoms with Crippen LogP contribution in [0.4, 0.5) is 0 Å². The van der Waals surface area contributed by atoms with Crippen molar-refractivity contribution in [2.45, 2.75) is 12.1 Å². The van der Waals surface area contributed by atoms with Gasteiger partial charge in [0.1, 0.15) is 5.76 Å². The maximum atomic E-state index is 12.6. The Kier molecular flexibility index (Phi) is 5.69. The smallest absolute Gasteiger partial charge is 0.191 e. The molecule has 29 heavy (non-hydrogen) atoms. The molecule has 0 N–H and O–H groups in total. The number of furan rings is 1. The standard InChI is InChI=1S/C22H18BrN3O2S/c1-14-19(11-12-28-14)21-24-25-22(26(21)2)29-13-20(27)17-5-3-15(4-6-17)16-7-9-18(23)10-8-16/h3-12H,13H2,1-2H3. The molecule has 2 aromatic carbocycles. The lowest BCUT2D eigenvalue weighted by Crippen LogP contribution is -2.04. The van der Waals surface area contributed by atoms with E-state index in [1.165, 1.54) is 11.8 Å². The van der Waals surface area contributed by atoms with Gasteiger partial charge in [0, 0.05) is 17.1 Å². The van der Waals surface area contributed by atoms with Crippen LogP contribution in [0.15, 0.2) is 74.9 Å². The summed E-state index contributed by atoms with van der Waals surface area (Å²) in [5.41, 5.74) is 3.78. The van der Waals surface area contributed by atoms with Gasteiger partial charge in [-0.3, -0.25) is 4.79 Å². The van der Waals surface area contributed by atoms with Gasteiger partial charge in [-0.2, -0.15) is 0 Å². The average molecular weight is 468 g/mol. The van der Waals surface area contributed by atoms with Crippen molar-refractivity contribution in [1.29, 1.82) is 0 Å². The van der Waals surface area contributed by atoms with E-state index in [2.05, 4.69) is 26.1 Å². The summed E-state index contributed by atoms with van der Waals surface area (Å²) in [6.45, 7) is 1.89. The lowest BCUT2D eigenvalue weighted by molar-refractivity contribution is 0.102. The third-order valence-electron chi connectivity index (χ3n) is 4.65. The number of halogens is 1. The Bertz CT molecular complexity index is 1150. The minimum atomic E-state index is 0.0568. The number of carbonyl (C=O) groups excluding carboxylic acids is 1. The molecule has 4 rings (SSSR count). The second-order valence-corrected chi connectivity index (χ2v) is 8.41. The van der Waals surface area contributed by atoms with Gasteiger partial charge in [-0.1, -0.05) is 64.1 Å². The fourth-order valence-electron chi connectivity index (χ4n) is 3.00. The van der Waals surface area contributed by atoms with Crippen LogP contribution >= 0.6 is 27.7 Å². The average Bonchev–Trinajstić information content (AvgIpc) is 3.32. The second-order valence-electron chi connectivity index (χ2n) is 6.55. The predicted octanol–water partition coefficient (Wildman–Crippen LogP) is 5.79. The Morgan fingerprint density at radius 1 is 1.03 bits per heavy atom. The molecular formula is C22H18BrN3O2S. The number of benzene rings is 2. The van der Waals surface area contributed by atoms with E-state index in [-0.39, 0.29) is 5.78 Å². The number of aryl methyl sites for hydroxylation is 1. The number of carbonyl (C=O) groups is 1. The first-order chi connectivity index (χ1) is 14.0. The van der Waals surface area contributed by atoms with Crippen LogP contribution in [0, 0.1) is 6.92 Å². The van der Waals surface area contributed by atoms with E-state index >= 15 is 0 Å². The molecule has 0 saturated carbocycles. The highest BCUT2D eigenvalue weighted by molar-refractivity contribution is 9.10. The van der Waals surface area contributed by atoms with E-state index in [4.69, 9.17) is 4.42 Å². The maximum Gasteiger partial charge on any atom is 0.191 e. The number of thioether (sulfide) groups is 1. The van der Waals surface area contributed by atoms with Crippen LogP contribution in [-0.4, -0.2) is 26.3 Å². The van der Waals surface area contributed by atoms with Crippen LogP contribution in [0.5, 0.6) is 0 Å². The SMILES string of the molecule is Cc1occc1-c1nnc(SCC(=O)c2ccc(-c3ccc(Br)cc3)cc2)n1C. The molecule has 146 valence electrons. The number of hydrogen-bond donors (Lipinski definition) is 0. The molecular weight excluding hydrogens is 450 g/mol. The van der Waals surface area contributed by atoms with E-state index in [9.17, 15) is 4.79 Å². The molecule has 0 radical (unpaired) electrons. The first kappa shape index (κ1) is 19.7. The zero-order valence-corrected chi connectivity index (χ0v) is 18.3. The fraction of sp³-hybridized carbons (Fsp3) is 0.136. The highest BCUT2D eigenvalue weighted by Gasteiger charge is 2.16. The summed E-state index contributed by atoms with van der Waals surface area (Å²) in [5, 5.41) is 9.15. The van der Waals surface area contributed by atoms with Gasteiger partial charge >= 0.3 is 0 Å². The van der Waals surface area contributed by atoms with Gasteiger partial charge in [-0.15, -0.1) is 10.2 Å². The monoisotopic (exact) mass is 467 g/mol. The lowest BCUT2D eigenvalue weighted by Gasteiger charge is -2.05. The molecule has 5 nitrogen and oxygen atoms in total. The number of aromatic nitrogens is 3. The van der Waals surface area contributed by atoms with E-state index in [0.29, 0.717) is 16.5 Å². The maximum absolute atomic E-state index is 12.6. The topological polar surface area (TPSA) is 60.9 Å². The summed E-state index contributed by atoms with van der Waals surface area (Å²) < 4.78 is 8.27. The van der Waals surface area contributed by atoms with Gasteiger partial charge in [0.15, 0.2) is 16.8 Å². The number of rotatable bonds is 6. The van der Waals surface area contributed by atoms with E-state index in [1.807, 2.05) is 73.1 Å². The quantitative estimate of drug-likeness (QED) is 0.265. The van der Waals surface area contributed by atoms with Crippen LogP contribution in [0.1, 0.15) is 16.1 Å². The molecule has 0 amide bonds. The van der Waals surface area contributed by atoms with Crippen molar-refractivity contribution in [2.24, 2.45) is 7.05 Å². The Morgan fingerprint density at radius 3 is 2.31 bits per heavy atom. The van der Waals surface area contributed by atoms with Gasteiger partial charge in [0.25, 0.3) is 0 Å². The number of hydrogen-bond acceptors (Lipinski definition) is 5. The Labute approximate surface area is 181 Å². The zero-order valence-electron chi connectivity index (χ0n) is 15.9. The third-order valence-corrected chi connectivity index (χ3v) is 6.20. The molecule has 0 aliphatic heterocycles. The van der Waals surface area contributed by atoms with E-state index in [1.54, 1.807) is 6.26 Å². The first-order valence-corrected chi connectivity index (χ1v) is 10.8. The Hall–Kier alpha value is -2.64. The third kappa shape index (κ3) is 4.21. The largest absolute Gasteiger partial charge is 0.469 e. The van der Waals surface area contributed by atoms with E-state index in [0.717, 1.165) is 32.7 Å². The molecule has 2 aromatic heterocycles. The molecule has 0 bridgehead atoms. The molecule has 7 heteroatoms. The number of ketones is 1. The molecule has 0 unspecified atom stereocenters. The first-order valence-electron chi connectivity index (χ1n) is 8.99. The van der Waals surface area contributed by atoms with Crippen molar-refractivity contribution in [3.05, 3.63) is 76.7 Å². The summed E-state index contributed by atoms with van der Waals surface area (Å²) >= 11 is 4.82. The van der Waals surface area contributed by atoms with Gasteiger partial charge in [0.2, 0.25) is 0 Å². The van der Waals surface area contributed by atoms with Gasteiger partial charge in [0.05, 0.1) is 17.6 Å².